The molecule has 0 radical (unpaired) electrons. The van der Waals surface area contributed by atoms with E-state index in [-0.39, 0.29) is 19.8 Å². The van der Waals surface area contributed by atoms with Crippen molar-refractivity contribution in [2.24, 2.45) is 0 Å². The third-order valence-electron chi connectivity index (χ3n) is 9.61. The summed E-state index contributed by atoms with van der Waals surface area (Å²) in [5.41, 5.74) is 6.88. The molecule has 7 rings (SSSR count). The van der Waals surface area contributed by atoms with Crippen molar-refractivity contribution in [2.75, 3.05) is 20.3 Å². The van der Waals surface area contributed by atoms with Crippen LogP contribution in [-0.4, -0.2) is 49.8 Å². The molecule has 5 aromatic carbocycles. The molecule has 51 heavy (non-hydrogen) atoms. The number of rotatable bonds is 14. The lowest BCUT2D eigenvalue weighted by Gasteiger charge is -2.52. The summed E-state index contributed by atoms with van der Waals surface area (Å²) >= 11 is 6.87. The van der Waals surface area contributed by atoms with Crippen LogP contribution in [0.4, 0.5) is 0 Å². The smallest absolute Gasteiger partial charge is 0.225 e. The summed E-state index contributed by atoms with van der Waals surface area (Å²) in [6, 6.07) is 41.9. The summed E-state index contributed by atoms with van der Waals surface area (Å²) in [7, 11) is 1.60. The van der Waals surface area contributed by atoms with E-state index in [1.54, 1.807) is 7.11 Å². The van der Waals surface area contributed by atoms with E-state index in [4.69, 9.17) is 40.0 Å². The minimum Gasteiger partial charge on any atom is -0.493 e. The van der Waals surface area contributed by atoms with Gasteiger partial charge in [0.25, 0.3) is 0 Å². The Hall–Kier alpha value is -4.05. The molecule has 5 aromatic rings. The van der Waals surface area contributed by atoms with Crippen LogP contribution in [-0.2, 0) is 62.1 Å². The van der Waals surface area contributed by atoms with E-state index in [0.717, 1.165) is 40.0 Å². The van der Waals surface area contributed by atoms with Gasteiger partial charge in [0.2, 0.25) is 5.79 Å². The second-order valence-corrected chi connectivity index (χ2v) is 13.4. The fraction of sp³-hybridized carbons (Fsp3) is 0.302. The Morgan fingerprint density at radius 3 is 1.92 bits per heavy atom. The van der Waals surface area contributed by atoms with Crippen LogP contribution < -0.4 is 4.74 Å². The van der Waals surface area contributed by atoms with Crippen molar-refractivity contribution in [1.29, 1.82) is 0 Å². The van der Waals surface area contributed by atoms with Gasteiger partial charge in [0.1, 0.15) is 30.2 Å². The van der Waals surface area contributed by atoms with E-state index >= 15 is 0 Å². The summed E-state index contributed by atoms with van der Waals surface area (Å²) in [4.78, 5) is 0. The third kappa shape index (κ3) is 8.06. The van der Waals surface area contributed by atoms with Gasteiger partial charge in [0, 0.05) is 24.1 Å². The minimum absolute atomic E-state index is 0.262. The lowest BCUT2D eigenvalue weighted by Crippen LogP contribution is -2.66. The standard InChI is InChI=1S/C43H43ClO7/c1-46-43(36-18-19-37(44)35(25-36)24-33-17-20-38-34(23-33)21-22-47-38)42(50-29-32-15-9-4-10-16-32)41(49-28-31-13-7-3-8-14-31)40(39(26-45)51-43)48-27-30-11-5-2-6-12-30/h2-20,23,25,39-42,45H,21-22,24,26-29H2,1H3. The molecule has 1 fully saturated rings. The largest absolute Gasteiger partial charge is 0.493 e. The fourth-order valence-electron chi connectivity index (χ4n) is 6.99. The molecule has 1 N–H and O–H groups in total. The second-order valence-electron chi connectivity index (χ2n) is 13.0. The highest BCUT2D eigenvalue weighted by Gasteiger charge is 2.58. The topological polar surface area (TPSA) is 75.6 Å². The van der Waals surface area contributed by atoms with E-state index in [2.05, 4.69) is 12.1 Å². The predicted octanol–water partition coefficient (Wildman–Crippen LogP) is 7.81. The molecule has 8 heteroatoms. The van der Waals surface area contributed by atoms with Crippen molar-refractivity contribution >= 4 is 11.6 Å². The van der Waals surface area contributed by atoms with Crippen molar-refractivity contribution in [3.63, 3.8) is 0 Å². The van der Waals surface area contributed by atoms with Crippen molar-refractivity contribution in [3.05, 3.63) is 171 Å². The van der Waals surface area contributed by atoms with Gasteiger partial charge < -0.3 is 33.5 Å². The van der Waals surface area contributed by atoms with Gasteiger partial charge in [0.15, 0.2) is 0 Å². The number of hydrogen-bond acceptors (Lipinski definition) is 7. The monoisotopic (exact) mass is 706 g/mol. The molecule has 264 valence electrons. The first kappa shape index (κ1) is 35.4. The van der Waals surface area contributed by atoms with Crippen LogP contribution in [0.2, 0.25) is 5.02 Å². The Morgan fingerprint density at radius 2 is 1.31 bits per heavy atom. The van der Waals surface area contributed by atoms with E-state index in [1.807, 2.05) is 115 Å². The highest BCUT2D eigenvalue weighted by Crippen LogP contribution is 2.44. The van der Waals surface area contributed by atoms with E-state index in [9.17, 15) is 5.11 Å². The number of fused-ring (bicyclic) bond motifs is 1. The highest BCUT2D eigenvalue weighted by atomic mass is 35.5. The Kier molecular flexibility index (Phi) is 11.5. The number of halogens is 1. The molecule has 0 aliphatic carbocycles. The Morgan fingerprint density at radius 1 is 0.706 bits per heavy atom. The van der Waals surface area contributed by atoms with Gasteiger partial charge in [-0.05, 0) is 58.0 Å². The van der Waals surface area contributed by atoms with Gasteiger partial charge in [-0.2, -0.15) is 0 Å². The Bertz CT molecular complexity index is 1860. The number of hydrogen-bond donors (Lipinski definition) is 1. The molecule has 0 aromatic heterocycles. The molecular formula is C43H43ClO7. The highest BCUT2D eigenvalue weighted by molar-refractivity contribution is 6.31. The zero-order valence-corrected chi connectivity index (χ0v) is 29.4. The molecule has 5 unspecified atom stereocenters. The summed E-state index contributed by atoms with van der Waals surface area (Å²) < 4.78 is 39.4. The Balaban J connectivity index is 1.28. The zero-order chi connectivity index (χ0) is 35.0. The maximum Gasteiger partial charge on any atom is 0.225 e. The molecule has 0 saturated carbocycles. The summed E-state index contributed by atoms with van der Waals surface area (Å²) in [6.45, 7) is 1.20. The maximum atomic E-state index is 10.9. The number of ether oxygens (including phenoxy) is 6. The fourth-order valence-corrected chi connectivity index (χ4v) is 7.18. The van der Waals surface area contributed by atoms with Crippen molar-refractivity contribution in [1.82, 2.24) is 0 Å². The Labute approximate surface area is 304 Å². The number of methoxy groups -OCH3 is 1. The molecule has 2 aliphatic rings. The first-order valence-corrected chi connectivity index (χ1v) is 17.8. The van der Waals surface area contributed by atoms with E-state index in [0.29, 0.717) is 30.2 Å². The minimum atomic E-state index is -1.50. The summed E-state index contributed by atoms with van der Waals surface area (Å²) in [5, 5.41) is 11.5. The lowest BCUT2D eigenvalue weighted by molar-refractivity contribution is -0.384. The zero-order valence-electron chi connectivity index (χ0n) is 28.7. The molecule has 2 aliphatic heterocycles. The normalized spacial score (nSPS) is 22.7. The first-order chi connectivity index (χ1) is 25.1. The second kappa shape index (κ2) is 16.5. The van der Waals surface area contributed by atoms with Crippen molar-refractivity contribution in [2.45, 2.75) is 62.9 Å². The lowest BCUT2D eigenvalue weighted by atomic mass is 9.86. The summed E-state index contributed by atoms with van der Waals surface area (Å²) in [6.07, 6.45) is -1.60. The van der Waals surface area contributed by atoms with Crippen LogP contribution in [0.25, 0.3) is 0 Å². The van der Waals surface area contributed by atoms with Gasteiger partial charge in [-0.15, -0.1) is 0 Å². The average molecular weight is 707 g/mol. The van der Waals surface area contributed by atoms with Gasteiger partial charge in [0.05, 0.1) is 33.0 Å². The average Bonchev–Trinajstić information content (AvgIpc) is 3.65. The third-order valence-corrected chi connectivity index (χ3v) is 9.98. The quantitative estimate of drug-likeness (QED) is 0.126. The number of benzene rings is 5. The van der Waals surface area contributed by atoms with Gasteiger partial charge in [-0.25, -0.2) is 0 Å². The molecule has 2 heterocycles. The number of aliphatic hydroxyl groups is 1. The molecule has 0 bridgehead atoms. The van der Waals surface area contributed by atoms with Gasteiger partial charge in [-0.1, -0.05) is 121 Å². The van der Waals surface area contributed by atoms with Crippen LogP contribution in [0.3, 0.4) is 0 Å². The molecule has 0 amide bonds. The molecule has 0 spiro atoms. The molecule has 5 atom stereocenters. The van der Waals surface area contributed by atoms with Gasteiger partial charge in [-0.3, -0.25) is 0 Å². The van der Waals surface area contributed by atoms with Crippen LogP contribution in [0.15, 0.2) is 127 Å². The molecule has 7 nitrogen and oxygen atoms in total. The predicted molar refractivity (Wildman–Crippen MR) is 196 cm³/mol. The molecule has 1 saturated heterocycles. The van der Waals surface area contributed by atoms with Gasteiger partial charge >= 0.3 is 0 Å². The van der Waals surface area contributed by atoms with Crippen molar-refractivity contribution in [3.8, 4) is 5.75 Å². The molecular weight excluding hydrogens is 664 g/mol. The maximum absolute atomic E-state index is 10.9. The van der Waals surface area contributed by atoms with E-state index < -0.39 is 30.2 Å². The van der Waals surface area contributed by atoms with Crippen LogP contribution in [0.1, 0.15) is 38.9 Å². The first-order valence-electron chi connectivity index (χ1n) is 17.4. The number of aliphatic hydroxyl groups excluding tert-OH is 1. The van der Waals surface area contributed by atoms with E-state index in [1.165, 1.54) is 5.56 Å². The van der Waals surface area contributed by atoms with Crippen molar-refractivity contribution < 1.29 is 33.5 Å². The SMILES string of the molecule is COC1(c2ccc(Cl)c(Cc3ccc4c(c3)CCO4)c2)OC(CO)C(OCc2ccccc2)C(OCc2ccccc2)C1OCc1ccccc1. The van der Waals surface area contributed by atoms with Crippen LogP contribution in [0.5, 0.6) is 5.75 Å². The summed E-state index contributed by atoms with van der Waals surface area (Å²) in [5.74, 6) is -0.562. The van der Waals surface area contributed by atoms with Crippen LogP contribution >= 0.6 is 11.6 Å². The van der Waals surface area contributed by atoms with Crippen LogP contribution in [0, 0.1) is 0 Å².